The summed E-state index contributed by atoms with van der Waals surface area (Å²) in [5.41, 5.74) is 1.59. The molecule has 6 heteroatoms. The molecule has 0 radical (unpaired) electrons. The van der Waals surface area contributed by atoms with Gasteiger partial charge in [0.1, 0.15) is 0 Å². The first-order valence-electron chi connectivity index (χ1n) is 8.04. The van der Waals surface area contributed by atoms with Gasteiger partial charge in [0.2, 0.25) is 5.91 Å². The number of amides is 2. The average Bonchev–Trinajstić information content (AvgIpc) is 2.59. The van der Waals surface area contributed by atoms with Gasteiger partial charge < -0.3 is 10.6 Å². The molecule has 0 spiro atoms. The molecule has 0 aliphatic carbocycles. The van der Waals surface area contributed by atoms with Gasteiger partial charge >= 0.3 is 0 Å². The summed E-state index contributed by atoms with van der Waals surface area (Å²) in [4.78, 5) is 23.9. The van der Waals surface area contributed by atoms with E-state index in [0.29, 0.717) is 30.0 Å². The molecule has 2 aromatic carbocycles. The Balaban J connectivity index is 1.70. The van der Waals surface area contributed by atoms with E-state index in [1.807, 2.05) is 31.2 Å². The molecule has 0 heterocycles. The lowest BCUT2D eigenvalue weighted by Crippen LogP contribution is -2.29. The average molecular weight is 424 g/mol. The molecule has 0 bridgehead atoms. The minimum absolute atomic E-state index is 0.0341. The number of carbonyl (C=O) groups excluding carboxylic acids is 2. The molecule has 2 aromatic rings. The molecule has 0 saturated heterocycles. The number of hydrogen-bond donors (Lipinski definition) is 2. The van der Waals surface area contributed by atoms with Crippen molar-refractivity contribution in [3.05, 3.63) is 69.2 Å². The lowest BCUT2D eigenvalue weighted by Gasteiger charge is -2.14. The summed E-state index contributed by atoms with van der Waals surface area (Å²) in [7, 11) is 0. The zero-order valence-electron chi connectivity index (χ0n) is 13.9. The molecule has 2 amide bonds. The van der Waals surface area contributed by atoms with Crippen LogP contribution in [-0.2, 0) is 4.79 Å². The highest BCUT2D eigenvalue weighted by Crippen LogP contribution is 2.17. The highest BCUT2D eigenvalue weighted by Gasteiger charge is 2.10. The van der Waals surface area contributed by atoms with Gasteiger partial charge in [0.25, 0.3) is 5.91 Å². The van der Waals surface area contributed by atoms with Crippen LogP contribution in [0.15, 0.2) is 53.0 Å². The maximum absolute atomic E-state index is 12.0. The van der Waals surface area contributed by atoms with E-state index >= 15 is 0 Å². The van der Waals surface area contributed by atoms with Crippen LogP contribution in [0.3, 0.4) is 0 Å². The van der Waals surface area contributed by atoms with Crippen LogP contribution in [0.1, 0.15) is 41.7 Å². The van der Waals surface area contributed by atoms with Crippen molar-refractivity contribution in [2.45, 2.75) is 25.8 Å². The molecule has 2 rings (SSSR count). The molecule has 0 aliphatic heterocycles. The molecule has 132 valence electrons. The summed E-state index contributed by atoms with van der Waals surface area (Å²) in [5.74, 6) is -0.201. The number of hydrogen-bond acceptors (Lipinski definition) is 2. The van der Waals surface area contributed by atoms with Gasteiger partial charge in [0, 0.05) is 28.0 Å². The summed E-state index contributed by atoms with van der Waals surface area (Å²) >= 11 is 9.22. The van der Waals surface area contributed by atoms with E-state index in [0.717, 1.165) is 10.0 Å². The fraction of sp³-hybridized carbons (Fsp3) is 0.263. The Hall–Kier alpha value is -1.85. The molecule has 2 N–H and O–H groups in total. The summed E-state index contributed by atoms with van der Waals surface area (Å²) in [6.07, 6.45) is 0.940. The van der Waals surface area contributed by atoms with Gasteiger partial charge in [0.15, 0.2) is 0 Å². The highest BCUT2D eigenvalue weighted by molar-refractivity contribution is 9.10. The van der Waals surface area contributed by atoms with Crippen molar-refractivity contribution in [2.24, 2.45) is 0 Å². The second kappa shape index (κ2) is 9.59. The van der Waals surface area contributed by atoms with Crippen LogP contribution < -0.4 is 10.6 Å². The number of rotatable bonds is 7. The molecule has 0 saturated carbocycles. The summed E-state index contributed by atoms with van der Waals surface area (Å²) in [5, 5.41) is 6.35. The summed E-state index contributed by atoms with van der Waals surface area (Å²) in [6.45, 7) is 2.39. The third kappa shape index (κ3) is 6.52. The van der Waals surface area contributed by atoms with Crippen LogP contribution in [0.25, 0.3) is 0 Å². The molecule has 1 unspecified atom stereocenters. The Morgan fingerprint density at radius 1 is 1.16 bits per heavy atom. The first-order chi connectivity index (χ1) is 12.0. The molecule has 0 fully saturated rings. The van der Waals surface area contributed by atoms with Crippen LogP contribution in [0.4, 0.5) is 0 Å². The number of carbonyl (C=O) groups is 2. The summed E-state index contributed by atoms with van der Waals surface area (Å²) < 4.78 is 0.982. The van der Waals surface area contributed by atoms with Crippen LogP contribution in [0.5, 0.6) is 0 Å². The SMILES string of the molecule is CC(NC(=O)CCCNC(=O)c1ccc(Cl)cc1)c1cccc(Br)c1. The lowest BCUT2D eigenvalue weighted by atomic mass is 10.1. The summed E-state index contributed by atoms with van der Waals surface area (Å²) in [6, 6.07) is 14.5. The fourth-order valence-electron chi connectivity index (χ4n) is 2.33. The Morgan fingerprint density at radius 2 is 1.88 bits per heavy atom. The zero-order chi connectivity index (χ0) is 18.2. The van der Waals surface area contributed by atoms with Crippen molar-refractivity contribution < 1.29 is 9.59 Å². The Bertz CT molecular complexity index is 734. The van der Waals surface area contributed by atoms with E-state index < -0.39 is 0 Å². The number of halogens is 2. The van der Waals surface area contributed by atoms with E-state index in [4.69, 9.17) is 11.6 Å². The first-order valence-corrected chi connectivity index (χ1v) is 9.21. The third-order valence-electron chi connectivity index (χ3n) is 3.70. The normalized spacial score (nSPS) is 11.6. The van der Waals surface area contributed by atoms with Gasteiger partial charge in [-0.05, 0) is 55.3 Å². The zero-order valence-corrected chi connectivity index (χ0v) is 16.2. The molecule has 4 nitrogen and oxygen atoms in total. The topological polar surface area (TPSA) is 58.2 Å². The van der Waals surface area contributed by atoms with Crippen LogP contribution >= 0.6 is 27.5 Å². The second-order valence-corrected chi connectivity index (χ2v) is 7.06. The van der Waals surface area contributed by atoms with Crippen molar-refractivity contribution in [1.82, 2.24) is 10.6 Å². The fourth-order valence-corrected chi connectivity index (χ4v) is 2.87. The molecule has 25 heavy (non-hydrogen) atoms. The van der Waals surface area contributed by atoms with Crippen molar-refractivity contribution in [3.63, 3.8) is 0 Å². The van der Waals surface area contributed by atoms with Gasteiger partial charge in [0.05, 0.1) is 6.04 Å². The minimum Gasteiger partial charge on any atom is -0.352 e. The molecular formula is C19H20BrClN2O2. The first kappa shape index (κ1) is 19.5. The molecule has 1 atom stereocenters. The van der Waals surface area contributed by atoms with Crippen molar-refractivity contribution in [3.8, 4) is 0 Å². The maximum atomic E-state index is 12.0. The van der Waals surface area contributed by atoms with E-state index in [9.17, 15) is 9.59 Å². The Morgan fingerprint density at radius 3 is 2.56 bits per heavy atom. The quantitative estimate of drug-likeness (QED) is 0.645. The maximum Gasteiger partial charge on any atom is 0.251 e. The van der Waals surface area contributed by atoms with Crippen molar-refractivity contribution in [1.29, 1.82) is 0 Å². The van der Waals surface area contributed by atoms with Gasteiger partial charge in [-0.15, -0.1) is 0 Å². The predicted octanol–water partition coefficient (Wildman–Crippen LogP) is 4.49. The van der Waals surface area contributed by atoms with Gasteiger partial charge in [-0.25, -0.2) is 0 Å². The Kier molecular flexibility index (Phi) is 7.47. The number of benzene rings is 2. The van der Waals surface area contributed by atoms with Gasteiger partial charge in [-0.2, -0.15) is 0 Å². The number of nitrogens with one attached hydrogen (secondary N) is 2. The van der Waals surface area contributed by atoms with E-state index in [1.165, 1.54) is 0 Å². The standard InChI is InChI=1S/C19H20BrClN2O2/c1-13(15-4-2-5-16(20)12-15)23-18(24)6-3-11-22-19(25)14-7-9-17(21)10-8-14/h2,4-5,7-10,12-13H,3,6,11H2,1H3,(H,22,25)(H,23,24). The van der Waals surface area contributed by atoms with Crippen molar-refractivity contribution >= 4 is 39.3 Å². The van der Waals surface area contributed by atoms with E-state index in [2.05, 4.69) is 26.6 Å². The van der Waals surface area contributed by atoms with Crippen LogP contribution in [0, 0.1) is 0 Å². The third-order valence-corrected chi connectivity index (χ3v) is 4.44. The molecule has 0 aliphatic rings. The van der Waals surface area contributed by atoms with E-state index in [1.54, 1.807) is 24.3 Å². The smallest absolute Gasteiger partial charge is 0.251 e. The highest BCUT2D eigenvalue weighted by atomic mass is 79.9. The monoisotopic (exact) mass is 422 g/mol. The van der Waals surface area contributed by atoms with E-state index in [-0.39, 0.29) is 17.9 Å². The Labute approximate surface area is 161 Å². The van der Waals surface area contributed by atoms with Crippen LogP contribution in [0.2, 0.25) is 5.02 Å². The van der Waals surface area contributed by atoms with Gasteiger partial charge in [-0.1, -0.05) is 39.7 Å². The minimum atomic E-state index is -0.167. The lowest BCUT2D eigenvalue weighted by molar-refractivity contribution is -0.121. The largest absolute Gasteiger partial charge is 0.352 e. The van der Waals surface area contributed by atoms with Gasteiger partial charge in [-0.3, -0.25) is 9.59 Å². The molecular weight excluding hydrogens is 404 g/mol. The van der Waals surface area contributed by atoms with Crippen molar-refractivity contribution in [2.75, 3.05) is 6.54 Å². The second-order valence-electron chi connectivity index (χ2n) is 5.71. The van der Waals surface area contributed by atoms with Crippen LogP contribution in [-0.4, -0.2) is 18.4 Å². The molecule has 0 aromatic heterocycles. The predicted molar refractivity (Wildman–Crippen MR) is 104 cm³/mol.